The van der Waals surface area contributed by atoms with Gasteiger partial charge in [-0.05, 0) is 44.9 Å². The van der Waals surface area contributed by atoms with Gasteiger partial charge in [-0.2, -0.15) is 0 Å². The average Bonchev–Trinajstić information content (AvgIpc) is 2.76. The van der Waals surface area contributed by atoms with E-state index in [1.54, 1.807) is 31.2 Å². The molecule has 0 saturated heterocycles. The maximum absolute atomic E-state index is 13.5. The van der Waals surface area contributed by atoms with Crippen molar-refractivity contribution in [3.63, 3.8) is 0 Å². The van der Waals surface area contributed by atoms with Gasteiger partial charge in [-0.15, -0.1) is 0 Å². The van der Waals surface area contributed by atoms with E-state index in [9.17, 15) is 18.0 Å². The molecule has 180 valence electrons. The van der Waals surface area contributed by atoms with E-state index in [-0.39, 0.29) is 29.2 Å². The minimum atomic E-state index is -3.82. The van der Waals surface area contributed by atoms with Crippen LogP contribution in [0.3, 0.4) is 0 Å². The van der Waals surface area contributed by atoms with Gasteiger partial charge in [-0.1, -0.05) is 60.5 Å². The van der Waals surface area contributed by atoms with Gasteiger partial charge in [0.2, 0.25) is 21.8 Å². The first-order valence-electron chi connectivity index (χ1n) is 10.8. The van der Waals surface area contributed by atoms with Crippen molar-refractivity contribution in [3.05, 3.63) is 64.7 Å². The number of para-hydroxylation sites is 1. The molecule has 0 aliphatic carbocycles. The standard InChI is InChI=1S/C24H32ClN3O4S/c1-6-18(3)26-24(30)19(4)27(15-20-13-11-17(2)12-14-20)23(29)16-28(33(5,31)32)22-10-8-7-9-21(22)25/h7-14,18-19H,6,15-16H2,1-5H3,(H,26,30)/t18-,19-/m1/s1. The van der Waals surface area contributed by atoms with Crippen molar-refractivity contribution < 1.29 is 18.0 Å². The molecular formula is C24H32ClN3O4S. The maximum Gasteiger partial charge on any atom is 0.244 e. The Kier molecular flexibility index (Phi) is 9.31. The van der Waals surface area contributed by atoms with Crippen LogP contribution < -0.4 is 9.62 Å². The van der Waals surface area contributed by atoms with Crippen LogP contribution >= 0.6 is 11.6 Å². The van der Waals surface area contributed by atoms with E-state index in [4.69, 9.17) is 11.6 Å². The summed E-state index contributed by atoms with van der Waals surface area (Å²) >= 11 is 6.22. The van der Waals surface area contributed by atoms with Crippen LogP contribution in [0.5, 0.6) is 0 Å². The Morgan fingerprint density at radius 1 is 1.06 bits per heavy atom. The third-order valence-corrected chi connectivity index (χ3v) is 6.89. The van der Waals surface area contributed by atoms with Crippen LogP contribution in [0.2, 0.25) is 5.02 Å². The summed E-state index contributed by atoms with van der Waals surface area (Å²) in [6.45, 7) is 7.13. The Bertz CT molecular complexity index is 1070. The number of nitrogens with one attached hydrogen (secondary N) is 1. The van der Waals surface area contributed by atoms with E-state index in [2.05, 4.69) is 5.32 Å². The molecule has 0 aliphatic heterocycles. The zero-order valence-corrected chi connectivity index (χ0v) is 21.3. The molecule has 33 heavy (non-hydrogen) atoms. The fourth-order valence-corrected chi connectivity index (χ4v) is 4.34. The van der Waals surface area contributed by atoms with Gasteiger partial charge in [0.15, 0.2) is 0 Å². The number of sulfonamides is 1. The quantitative estimate of drug-likeness (QED) is 0.546. The van der Waals surface area contributed by atoms with Crippen molar-refractivity contribution in [1.82, 2.24) is 10.2 Å². The highest BCUT2D eigenvalue weighted by molar-refractivity contribution is 7.92. The molecular weight excluding hydrogens is 462 g/mol. The second kappa shape index (κ2) is 11.5. The maximum atomic E-state index is 13.5. The fourth-order valence-electron chi connectivity index (χ4n) is 3.19. The number of rotatable bonds is 10. The molecule has 1 N–H and O–H groups in total. The number of hydrogen-bond acceptors (Lipinski definition) is 4. The van der Waals surface area contributed by atoms with Crippen LogP contribution in [-0.4, -0.2) is 50.0 Å². The Morgan fingerprint density at radius 3 is 2.21 bits per heavy atom. The predicted molar refractivity (Wildman–Crippen MR) is 133 cm³/mol. The molecule has 0 bridgehead atoms. The molecule has 9 heteroatoms. The summed E-state index contributed by atoms with van der Waals surface area (Å²) in [4.78, 5) is 27.7. The minimum Gasteiger partial charge on any atom is -0.352 e. The molecule has 2 aromatic carbocycles. The summed E-state index contributed by atoms with van der Waals surface area (Å²) in [6.07, 6.45) is 1.77. The van der Waals surface area contributed by atoms with E-state index in [0.717, 1.165) is 28.1 Å². The minimum absolute atomic E-state index is 0.0491. The molecule has 0 aromatic heterocycles. The van der Waals surface area contributed by atoms with Gasteiger partial charge in [0.1, 0.15) is 12.6 Å². The van der Waals surface area contributed by atoms with E-state index in [1.165, 1.54) is 4.90 Å². The van der Waals surface area contributed by atoms with E-state index in [0.29, 0.717) is 0 Å². The number of hydrogen-bond donors (Lipinski definition) is 1. The van der Waals surface area contributed by atoms with E-state index >= 15 is 0 Å². The SMILES string of the molecule is CC[C@@H](C)NC(=O)[C@@H](C)N(Cc1ccc(C)cc1)C(=O)CN(c1ccccc1Cl)S(C)(=O)=O. The first-order chi connectivity index (χ1) is 15.4. The van der Waals surface area contributed by atoms with Crippen molar-refractivity contribution in [1.29, 1.82) is 0 Å². The van der Waals surface area contributed by atoms with Crippen LogP contribution in [0.1, 0.15) is 38.3 Å². The Hall–Kier alpha value is -2.58. The molecule has 0 fully saturated rings. The number of benzene rings is 2. The lowest BCUT2D eigenvalue weighted by Gasteiger charge is -2.32. The predicted octanol–water partition coefficient (Wildman–Crippen LogP) is 3.75. The summed E-state index contributed by atoms with van der Waals surface area (Å²) in [5.41, 5.74) is 2.11. The molecule has 2 rings (SSSR count). The topological polar surface area (TPSA) is 86.8 Å². The van der Waals surface area contributed by atoms with Gasteiger partial charge >= 0.3 is 0 Å². The third kappa shape index (κ3) is 7.47. The lowest BCUT2D eigenvalue weighted by molar-refractivity contribution is -0.139. The lowest BCUT2D eigenvalue weighted by atomic mass is 10.1. The Morgan fingerprint density at radius 2 is 1.67 bits per heavy atom. The molecule has 7 nitrogen and oxygen atoms in total. The van der Waals surface area contributed by atoms with Crippen molar-refractivity contribution in [2.45, 2.75) is 52.7 Å². The van der Waals surface area contributed by atoms with Crippen LogP contribution in [0.4, 0.5) is 5.69 Å². The van der Waals surface area contributed by atoms with Gasteiger partial charge in [-0.25, -0.2) is 8.42 Å². The number of anilines is 1. The number of nitrogens with zero attached hydrogens (tertiary/aromatic N) is 2. The first kappa shape index (κ1) is 26.7. The molecule has 2 atom stereocenters. The molecule has 0 aliphatic rings. The second-order valence-electron chi connectivity index (χ2n) is 8.22. The summed E-state index contributed by atoms with van der Waals surface area (Å²) in [6, 6.07) is 13.2. The van der Waals surface area contributed by atoms with Crippen molar-refractivity contribution in [3.8, 4) is 0 Å². The van der Waals surface area contributed by atoms with Crippen molar-refractivity contribution in [2.75, 3.05) is 17.1 Å². The molecule has 0 heterocycles. The number of carbonyl (C=O) groups excluding carboxylic acids is 2. The summed E-state index contributed by atoms with van der Waals surface area (Å²) in [5, 5.41) is 3.11. The molecule has 2 amide bonds. The third-order valence-electron chi connectivity index (χ3n) is 5.44. The highest BCUT2D eigenvalue weighted by atomic mass is 35.5. The zero-order chi connectivity index (χ0) is 24.8. The smallest absolute Gasteiger partial charge is 0.244 e. The number of carbonyl (C=O) groups is 2. The average molecular weight is 494 g/mol. The van der Waals surface area contributed by atoms with Gasteiger partial charge in [0, 0.05) is 12.6 Å². The highest BCUT2D eigenvalue weighted by Crippen LogP contribution is 2.27. The van der Waals surface area contributed by atoms with Crippen molar-refractivity contribution in [2.24, 2.45) is 0 Å². The molecule has 0 saturated carbocycles. The van der Waals surface area contributed by atoms with E-state index in [1.807, 2.05) is 45.0 Å². The van der Waals surface area contributed by atoms with Crippen LogP contribution in [0.15, 0.2) is 48.5 Å². The molecule has 2 aromatic rings. The number of amides is 2. The largest absolute Gasteiger partial charge is 0.352 e. The fraction of sp³-hybridized carbons (Fsp3) is 0.417. The molecule has 0 unspecified atom stereocenters. The Balaban J connectivity index is 2.39. The number of aryl methyl sites for hydroxylation is 1. The van der Waals surface area contributed by atoms with E-state index < -0.39 is 28.5 Å². The summed E-state index contributed by atoms with van der Waals surface area (Å²) in [7, 11) is -3.82. The van der Waals surface area contributed by atoms with Crippen molar-refractivity contribution >= 4 is 39.1 Å². The van der Waals surface area contributed by atoms with Gasteiger partial charge in [0.25, 0.3) is 0 Å². The Labute approximate surface area is 201 Å². The first-order valence-corrected chi connectivity index (χ1v) is 13.0. The molecule has 0 radical (unpaired) electrons. The lowest BCUT2D eigenvalue weighted by Crippen LogP contribution is -2.52. The monoisotopic (exact) mass is 493 g/mol. The highest BCUT2D eigenvalue weighted by Gasteiger charge is 2.31. The zero-order valence-electron chi connectivity index (χ0n) is 19.7. The van der Waals surface area contributed by atoms with Gasteiger partial charge in [-0.3, -0.25) is 13.9 Å². The van der Waals surface area contributed by atoms with Crippen LogP contribution in [-0.2, 0) is 26.2 Å². The molecule has 0 spiro atoms. The normalized spacial score (nSPS) is 13.2. The van der Waals surface area contributed by atoms with Crippen LogP contribution in [0, 0.1) is 6.92 Å². The van der Waals surface area contributed by atoms with Crippen LogP contribution in [0.25, 0.3) is 0 Å². The summed E-state index contributed by atoms with van der Waals surface area (Å²) < 4.78 is 26.1. The summed E-state index contributed by atoms with van der Waals surface area (Å²) in [5.74, 6) is -0.804. The second-order valence-corrected chi connectivity index (χ2v) is 10.5. The van der Waals surface area contributed by atoms with Gasteiger partial charge < -0.3 is 10.2 Å². The number of halogens is 1. The van der Waals surface area contributed by atoms with Gasteiger partial charge in [0.05, 0.1) is 17.0 Å².